The highest BCUT2D eigenvalue weighted by Gasteiger charge is 2.18. The molecule has 0 spiro atoms. The first-order valence-electron chi connectivity index (χ1n) is 6.50. The van der Waals surface area contributed by atoms with Crippen LogP contribution in [0.5, 0.6) is 0 Å². The van der Waals surface area contributed by atoms with E-state index in [2.05, 4.69) is 22.2 Å². The molecular formula is C14H17FN4O. The molecule has 1 aliphatic heterocycles. The Kier molecular flexibility index (Phi) is 4.53. The minimum Gasteiger partial charge on any atom is -0.367 e. The third-order valence-electron chi connectivity index (χ3n) is 3.32. The van der Waals surface area contributed by atoms with Crippen LogP contribution < -0.4 is 10.2 Å². The van der Waals surface area contributed by atoms with E-state index in [0.29, 0.717) is 5.69 Å². The van der Waals surface area contributed by atoms with Crippen LogP contribution in [0.1, 0.15) is 6.42 Å². The van der Waals surface area contributed by atoms with E-state index in [1.807, 2.05) is 0 Å². The second-order valence-electron chi connectivity index (χ2n) is 4.83. The maximum absolute atomic E-state index is 13.4. The van der Waals surface area contributed by atoms with Crippen molar-refractivity contribution in [2.24, 2.45) is 0 Å². The minimum absolute atomic E-state index is 0.237. The van der Waals surface area contributed by atoms with Crippen LogP contribution in [0.2, 0.25) is 0 Å². The number of nitrogens with one attached hydrogen (secondary N) is 1. The first kappa shape index (κ1) is 14.3. The third kappa shape index (κ3) is 3.45. The molecule has 0 bridgehead atoms. The Labute approximate surface area is 117 Å². The molecule has 1 amide bonds. The lowest BCUT2D eigenvalue weighted by Crippen LogP contribution is -2.44. The molecule has 1 saturated heterocycles. The zero-order chi connectivity index (χ0) is 14.5. The molecule has 0 radical (unpaired) electrons. The smallest absolute Gasteiger partial charge is 0.238 e. The number of rotatable bonds is 3. The van der Waals surface area contributed by atoms with Gasteiger partial charge in [-0.05, 0) is 25.2 Å². The average molecular weight is 276 g/mol. The van der Waals surface area contributed by atoms with Crippen LogP contribution in [0.15, 0.2) is 18.2 Å². The van der Waals surface area contributed by atoms with Crippen LogP contribution in [-0.2, 0) is 4.79 Å². The molecule has 0 atom stereocenters. The van der Waals surface area contributed by atoms with E-state index in [4.69, 9.17) is 5.26 Å². The number of likely N-dealkylation sites (N-methyl/N-ethyl adjacent to an activating group) is 1. The molecule has 106 valence electrons. The van der Waals surface area contributed by atoms with Crippen LogP contribution >= 0.6 is 0 Å². The summed E-state index contributed by atoms with van der Waals surface area (Å²) in [6.07, 6.45) is -0.237. The number of amides is 1. The van der Waals surface area contributed by atoms with Crippen molar-refractivity contribution < 1.29 is 9.18 Å². The standard InChI is InChI=1S/C14H17FN4O/c1-18-6-8-19(9-7-18)13-3-2-11(15)10-12(13)17-14(20)4-5-16/h2-3,10H,4,6-9H2,1H3,(H,17,20). The number of carbonyl (C=O) groups is 1. The number of nitrogens with zero attached hydrogens (tertiary/aromatic N) is 3. The fourth-order valence-corrected chi connectivity index (χ4v) is 2.20. The van der Waals surface area contributed by atoms with E-state index in [-0.39, 0.29) is 6.42 Å². The summed E-state index contributed by atoms with van der Waals surface area (Å²) in [5.74, 6) is -0.830. The van der Waals surface area contributed by atoms with Gasteiger partial charge in [0.05, 0.1) is 17.4 Å². The van der Waals surface area contributed by atoms with Crippen LogP contribution in [0.25, 0.3) is 0 Å². The molecule has 1 aliphatic rings. The van der Waals surface area contributed by atoms with E-state index in [0.717, 1.165) is 31.9 Å². The van der Waals surface area contributed by atoms with Gasteiger partial charge in [-0.25, -0.2) is 4.39 Å². The van der Waals surface area contributed by atoms with Gasteiger partial charge in [0.1, 0.15) is 12.2 Å². The lowest BCUT2D eigenvalue weighted by atomic mass is 10.2. The van der Waals surface area contributed by atoms with Gasteiger partial charge < -0.3 is 15.1 Å². The van der Waals surface area contributed by atoms with Crippen molar-refractivity contribution in [1.29, 1.82) is 5.26 Å². The van der Waals surface area contributed by atoms with Gasteiger partial charge in [0.2, 0.25) is 5.91 Å². The number of nitriles is 1. The highest BCUT2D eigenvalue weighted by Crippen LogP contribution is 2.27. The summed E-state index contributed by atoms with van der Waals surface area (Å²) in [6.45, 7) is 3.48. The molecule has 1 fully saturated rings. The number of anilines is 2. The maximum Gasteiger partial charge on any atom is 0.238 e. The molecule has 0 aliphatic carbocycles. The Balaban J connectivity index is 2.19. The molecule has 2 rings (SSSR count). The number of hydrogen-bond acceptors (Lipinski definition) is 4. The number of hydrogen-bond donors (Lipinski definition) is 1. The largest absolute Gasteiger partial charge is 0.367 e. The molecule has 20 heavy (non-hydrogen) atoms. The molecule has 0 saturated carbocycles. The van der Waals surface area contributed by atoms with Gasteiger partial charge >= 0.3 is 0 Å². The van der Waals surface area contributed by atoms with Crippen LogP contribution in [-0.4, -0.2) is 44.0 Å². The second kappa shape index (κ2) is 6.35. The summed E-state index contributed by atoms with van der Waals surface area (Å²) in [5, 5.41) is 11.1. The van der Waals surface area contributed by atoms with Gasteiger partial charge in [0.25, 0.3) is 0 Å². The van der Waals surface area contributed by atoms with Crippen molar-refractivity contribution in [3.63, 3.8) is 0 Å². The van der Waals surface area contributed by atoms with Crippen molar-refractivity contribution in [1.82, 2.24) is 4.90 Å². The second-order valence-corrected chi connectivity index (χ2v) is 4.83. The summed E-state index contributed by atoms with van der Waals surface area (Å²) in [4.78, 5) is 15.9. The molecule has 0 aromatic heterocycles. The summed E-state index contributed by atoms with van der Waals surface area (Å²) >= 11 is 0. The van der Waals surface area contributed by atoms with Gasteiger partial charge in [0, 0.05) is 26.2 Å². The summed E-state index contributed by atoms with van der Waals surface area (Å²) in [7, 11) is 2.05. The Hall–Kier alpha value is -2.13. The monoisotopic (exact) mass is 276 g/mol. The number of carbonyl (C=O) groups excluding carboxylic acids is 1. The predicted molar refractivity (Wildman–Crippen MR) is 75.0 cm³/mol. The number of halogens is 1. The van der Waals surface area contributed by atoms with Crippen LogP contribution in [0, 0.1) is 17.1 Å². The van der Waals surface area contributed by atoms with Gasteiger partial charge in [-0.15, -0.1) is 0 Å². The summed E-state index contributed by atoms with van der Waals surface area (Å²) in [5.41, 5.74) is 1.22. The fourth-order valence-electron chi connectivity index (χ4n) is 2.20. The molecular weight excluding hydrogens is 259 g/mol. The molecule has 1 aromatic rings. The number of piperazine rings is 1. The first-order chi connectivity index (χ1) is 9.60. The third-order valence-corrected chi connectivity index (χ3v) is 3.32. The van der Waals surface area contributed by atoms with Crippen molar-refractivity contribution in [2.45, 2.75) is 6.42 Å². The van der Waals surface area contributed by atoms with Crippen molar-refractivity contribution >= 4 is 17.3 Å². The van der Waals surface area contributed by atoms with E-state index in [1.54, 1.807) is 12.1 Å². The van der Waals surface area contributed by atoms with Crippen LogP contribution in [0.4, 0.5) is 15.8 Å². The van der Waals surface area contributed by atoms with E-state index >= 15 is 0 Å². The summed E-state index contributed by atoms with van der Waals surface area (Å²) < 4.78 is 13.4. The Bertz CT molecular complexity index is 532. The highest BCUT2D eigenvalue weighted by atomic mass is 19.1. The topological polar surface area (TPSA) is 59.4 Å². The fraction of sp³-hybridized carbons (Fsp3) is 0.429. The SMILES string of the molecule is CN1CCN(c2ccc(F)cc2NC(=O)CC#N)CC1. The summed E-state index contributed by atoms with van der Waals surface area (Å²) in [6, 6.07) is 6.13. The first-order valence-corrected chi connectivity index (χ1v) is 6.50. The molecule has 1 aromatic carbocycles. The van der Waals surface area contributed by atoms with Crippen molar-refractivity contribution in [2.75, 3.05) is 43.4 Å². The lowest BCUT2D eigenvalue weighted by molar-refractivity contribution is -0.115. The molecule has 5 nitrogen and oxygen atoms in total. The highest BCUT2D eigenvalue weighted by molar-refractivity contribution is 5.95. The maximum atomic E-state index is 13.4. The Morgan fingerprint density at radius 1 is 1.40 bits per heavy atom. The minimum atomic E-state index is -0.423. The number of benzene rings is 1. The van der Waals surface area contributed by atoms with Crippen molar-refractivity contribution in [3.05, 3.63) is 24.0 Å². The van der Waals surface area contributed by atoms with E-state index in [9.17, 15) is 9.18 Å². The molecule has 1 heterocycles. The zero-order valence-electron chi connectivity index (χ0n) is 11.4. The Morgan fingerprint density at radius 2 is 2.10 bits per heavy atom. The zero-order valence-corrected chi connectivity index (χ0v) is 11.4. The van der Waals surface area contributed by atoms with Crippen molar-refractivity contribution in [3.8, 4) is 6.07 Å². The van der Waals surface area contributed by atoms with E-state index < -0.39 is 11.7 Å². The van der Waals surface area contributed by atoms with Gasteiger partial charge in [-0.3, -0.25) is 4.79 Å². The quantitative estimate of drug-likeness (QED) is 0.907. The van der Waals surface area contributed by atoms with E-state index in [1.165, 1.54) is 12.1 Å². The van der Waals surface area contributed by atoms with Gasteiger partial charge in [0.15, 0.2) is 0 Å². The molecule has 1 N–H and O–H groups in total. The van der Waals surface area contributed by atoms with Gasteiger partial charge in [-0.2, -0.15) is 5.26 Å². The average Bonchev–Trinajstić information content (AvgIpc) is 2.40. The molecule has 0 unspecified atom stereocenters. The van der Waals surface area contributed by atoms with Gasteiger partial charge in [-0.1, -0.05) is 0 Å². The lowest BCUT2D eigenvalue weighted by Gasteiger charge is -2.35. The van der Waals surface area contributed by atoms with Crippen LogP contribution in [0.3, 0.4) is 0 Å². The molecule has 6 heteroatoms. The Morgan fingerprint density at radius 3 is 2.75 bits per heavy atom. The normalized spacial score (nSPS) is 15.8. The predicted octanol–water partition coefficient (Wildman–Crippen LogP) is 1.43.